The van der Waals surface area contributed by atoms with Crippen LogP contribution in [-0.2, 0) is 21.0 Å². The number of rotatable bonds is 5. The first-order valence-electron chi connectivity index (χ1n) is 11.4. The number of furan rings is 1. The quantitative estimate of drug-likeness (QED) is 0.293. The van der Waals surface area contributed by atoms with Crippen LogP contribution in [0.3, 0.4) is 0 Å². The van der Waals surface area contributed by atoms with Gasteiger partial charge in [-0.05, 0) is 103 Å². The van der Waals surface area contributed by atoms with Gasteiger partial charge in [-0.25, -0.2) is 8.42 Å². The summed E-state index contributed by atoms with van der Waals surface area (Å²) in [5.74, 6) is 2.39. The van der Waals surface area contributed by atoms with Crippen molar-refractivity contribution in [1.82, 2.24) is 0 Å². The Kier molecular flexibility index (Phi) is 7.80. The van der Waals surface area contributed by atoms with Gasteiger partial charge in [0.15, 0.2) is 0 Å². The summed E-state index contributed by atoms with van der Waals surface area (Å²) in [6.07, 6.45) is 14.7. The topological polar surface area (TPSA) is 79.6 Å². The third-order valence-corrected chi connectivity index (χ3v) is 9.18. The summed E-state index contributed by atoms with van der Waals surface area (Å²) in [6, 6.07) is 1.99. The second-order valence-electron chi connectivity index (χ2n) is 10.8. The van der Waals surface area contributed by atoms with Gasteiger partial charge in [0.05, 0.1) is 12.5 Å². The average molecular weight is 459 g/mol. The molecule has 0 aliphatic heterocycles. The number of fused-ring (bicyclic) bond motifs is 3. The van der Waals surface area contributed by atoms with Gasteiger partial charge in [-0.1, -0.05) is 27.2 Å². The smallest absolute Gasteiger partial charge is 0.716 e. The van der Waals surface area contributed by atoms with Gasteiger partial charge in [-0.2, -0.15) is 0 Å². The predicted octanol–water partition coefficient (Wildman–Crippen LogP) is 2.85. The Morgan fingerprint density at radius 3 is 2.65 bits per heavy atom. The van der Waals surface area contributed by atoms with E-state index in [4.69, 9.17) is 4.42 Å². The molecule has 168 valence electrons. The molecule has 5 nitrogen and oxygen atoms in total. The van der Waals surface area contributed by atoms with Gasteiger partial charge in [0, 0.05) is 0 Å². The maximum atomic E-state index is 11.1. The Morgan fingerprint density at radius 1 is 1.19 bits per heavy atom. The predicted molar refractivity (Wildman–Crippen MR) is 114 cm³/mol. The molecule has 4 rings (SSSR count). The molecule has 3 fully saturated rings. The monoisotopic (exact) mass is 458 g/mol. The number of aryl methyl sites for hydroxylation is 1. The van der Waals surface area contributed by atoms with Crippen LogP contribution in [0.1, 0.15) is 77.7 Å². The van der Waals surface area contributed by atoms with E-state index >= 15 is 0 Å². The average Bonchev–Trinajstić information content (AvgIpc) is 3.17. The molecule has 3 saturated carbocycles. The molecule has 1 aromatic heterocycles. The van der Waals surface area contributed by atoms with Gasteiger partial charge in [-0.3, -0.25) is 0 Å². The van der Waals surface area contributed by atoms with Crippen molar-refractivity contribution >= 4 is 10.4 Å². The molecule has 7 heteroatoms. The molecule has 3 aliphatic rings. The van der Waals surface area contributed by atoms with E-state index in [1.54, 1.807) is 12.5 Å². The summed E-state index contributed by atoms with van der Waals surface area (Å²) < 4.78 is 43.2. The van der Waals surface area contributed by atoms with Crippen LogP contribution in [-0.4, -0.2) is 13.0 Å². The molecule has 0 radical (unpaired) electrons. The Hall–Kier alpha value is -0.270. The third kappa shape index (κ3) is 5.29. The van der Waals surface area contributed by atoms with E-state index in [9.17, 15) is 13.0 Å². The number of allylic oxidation sites excluding steroid dienone is 1. The Balaban J connectivity index is 0.00000272. The van der Waals surface area contributed by atoms with Gasteiger partial charge in [0.2, 0.25) is 0 Å². The van der Waals surface area contributed by atoms with E-state index in [2.05, 4.69) is 25.0 Å². The normalized spacial score (nSPS) is 36.2. The van der Waals surface area contributed by atoms with Crippen LogP contribution in [0.25, 0.3) is 0 Å². The van der Waals surface area contributed by atoms with E-state index in [1.807, 2.05) is 6.07 Å². The zero-order valence-corrected chi connectivity index (χ0v) is 22.2. The van der Waals surface area contributed by atoms with Crippen molar-refractivity contribution in [3.8, 4) is 0 Å². The van der Waals surface area contributed by atoms with Crippen LogP contribution < -0.4 is 29.6 Å². The number of hydrogen-bond donors (Lipinski definition) is 0. The van der Waals surface area contributed by atoms with E-state index in [0.717, 1.165) is 55.1 Å². The maximum absolute atomic E-state index is 11.1. The summed E-state index contributed by atoms with van der Waals surface area (Å²) in [6.45, 7) is 7.31. The van der Waals surface area contributed by atoms with Crippen LogP contribution in [0.5, 0.6) is 0 Å². The Labute approximate surface area is 209 Å². The van der Waals surface area contributed by atoms with Crippen LogP contribution in [0.2, 0.25) is 0 Å². The van der Waals surface area contributed by atoms with Gasteiger partial charge in [0.1, 0.15) is 6.26 Å². The molecule has 1 aromatic rings. The van der Waals surface area contributed by atoms with Gasteiger partial charge < -0.3 is 13.2 Å². The Bertz CT molecular complexity index is 876. The molecule has 0 amide bonds. The van der Waals surface area contributed by atoms with Gasteiger partial charge in [0.25, 0.3) is 10.4 Å². The summed E-state index contributed by atoms with van der Waals surface area (Å²) in [5, 5.41) is 0. The molecule has 0 bridgehead atoms. The van der Waals surface area contributed by atoms with Gasteiger partial charge >= 0.3 is 29.6 Å². The fourth-order valence-electron chi connectivity index (χ4n) is 7.41. The van der Waals surface area contributed by atoms with Crippen molar-refractivity contribution < 1.29 is 51.1 Å². The van der Waals surface area contributed by atoms with E-state index in [-0.39, 0.29) is 40.9 Å². The molecule has 0 aromatic carbocycles. The summed E-state index contributed by atoms with van der Waals surface area (Å²) in [7, 11) is -4.73. The minimum atomic E-state index is -4.73. The zero-order valence-electron chi connectivity index (χ0n) is 19.4. The second-order valence-corrected chi connectivity index (χ2v) is 11.8. The van der Waals surface area contributed by atoms with Crippen molar-refractivity contribution in [2.75, 3.05) is 0 Å². The first-order valence-corrected chi connectivity index (χ1v) is 12.8. The van der Waals surface area contributed by atoms with Crippen molar-refractivity contribution in [3.05, 3.63) is 36.0 Å². The van der Waals surface area contributed by atoms with Crippen molar-refractivity contribution in [2.24, 2.45) is 34.5 Å². The second kappa shape index (κ2) is 9.54. The van der Waals surface area contributed by atoms with Crippen LogP contribution in [0, 0.1) is 34.5 Å². The minimum absolute atomic E-state index is 0. The minimum Gasteiger partial charge on any atom is -0.716 e. The molecule has 5 atom stereocenters. The first kappa shape index (κ1) is 25.4. The van der Waals surface area contributed by atoms with Crippen molar-refractivity contribution in [3.63, 3.8) is 0 Å². The van der Waals surface area contributed by atoms with Crippen molar-refractivity contribution in [2.45, 2.75) is 78.6 Å². The number of hydrogen-bond acceptors (Lipinski definition) is 5. The van der Waals surface area contributed by atoms with Gasteiger partial charge in [-0.15, -0.1) is 0 Å². The standard InChI is InChI=1S/C24H36O5S.Na/c1-23(2)12-4-5-19-21(23)10-13-24(3)20(8-6-17-11-14-28-15-17)18(7-9-22(19)24)16-29-30(25,26)27;/h11,14-16,19-22H,4-10,12-13H2,1-3H3,(H,25,26,27);/q;+1/p-1/b18-16+;/t19-,20-,21+,22+,24+;/m0./s1. The SMILES string of the molecule is CC1(C)CCC[C@H]2[C@H]1CC[C@@]1(C)[C@@H]2CC/C(=C\OS(=O)(=O)[O-])[C@@H]1CCc1ccoc1.[Na+]. The van der Waals surface area contributed by atoms with Crippen LogP contribution in [0.4, 0.5) is 0 Å². The molecular formula is C24H35NaO5S. The molecule has 0 N–H and O–H groups in total. The molecular weight excluding hydrogens is 423 g/mol. The summed E-state index contributed by atoms with van der Waals surface area (Å²) in [5.41, 5.74) is 2.67. The maximum Gasteiger partial charge on any atom is 1.00 e. The molecule has 31 heavy (non-hydrogen) atoms. The first-order chi connectivity index (χ1) is 14.1. The molecule has 3 aliphatic carbocycles. The fraction of sp³-hybridized carbons (Fsp3) is 0.750. The molecule has 0 saturated heterocycles. The summed E-state index contributed by atoms with van der Waals surface area (Å²) >= 11 is 0. The van der Waals surface area contributed by atoms with Crippen LogP contribution in [0.15, 0.2) is 34.8 Å². The molecule has 1 heterocycles. The van der Waals surface area contributed by atoms with E-state index in [1.165, 1.54) is 31.9 Å². The largest absolute Gasteiger partial charge is 1.00 e. The summed E-state index contributed by atoms with van der Waals surface area (Å²) in [4.78, 5) is 0. The van der Waals surface area contributed by atoms with E-state index in [0.29, 0.717) is 11.3 Å². The third-order valence-electron chi connectivity index (χ3n) is 8.84. The van der Waals surface area contributed by atoms with Crippen molar-refractivity contribution in [1.29, 1.82) is 0 Å². The Morgan fingerprint density at radius 2 is 1.97 bits per heavy atom. The fourth-order valence-corrected chi connectivity index (χ4v) is 7.65. The van der Waals surface area contributed by atoms with Crippen LogP contribution >= 0.6 is 0 Å². The molecule has 0 spiro atoms. The zero-order chi connectivity index (χ0) is 21.6. The van der Waals surface area contributed by atoms with E-state index < -0.39 is 10.4 Å². The molecule has 0 unspecified atom stereocenters.